The average Bonchev–Trinajstić information content (AvgIpc) is 2.45. The molecule has 0 bridgehead atoms. The fourth-order valence-corrected chi connectivity index (χ4v) is 1.74. The van der Waals surface area contributed by atoms with E-state index in [1.807, 2.05) is 24.3 Å². The quantitative estimate of drug-likeness (QED) is 0.248. The zero-order valence-corrected chi connectivity index (χ0v) is 11.7. The highest BCUT2D eigenvalue weighted by Gasteiger charge is 2.02. The summed E-state index contributed by atoms with van der Waals surface area (Å²) in [7, 11) is 0. The molecule has 1 rings (SSSR count). The number of para-hydroxylation sites is 1. The first-order valence-electron chi connectivity index (χ1n) is 6.82. The number of rotatable bonds is 9. The molecule has 0 amide bonds. The van der Waals surface area contributed by atoms with Gasteiger partial charge < -0.3 is 14.7 Å². The average molecular weight is 279 g/mol. The lowest BCUT2D eigenvalue weighted by molar-refractivity contribution is -0.143. The molecule has 0 heterocycles. The minimum atomic E-state index is -0.141. The first-order valence-corrected chi connectivity index (χ1v) is 6.82. The molecule has 0 fully saturated rings. The Kier molecular flexibility index (Phi) is 7.87. The molecular formula is C15H21NO4. The van der Waals surface area contributed by atoms with Crippen LogP contribution in [0.25, 0.3) is 0 Å². The van der Waals surface area contributed by atoms with Gasteiger partial charge in [0, 0.05) is 12.0 Å². The van der Waals surface area contributed by atoms with Crippen molar-refractivity contribution in [3.8, 4) is 5.75 Å². The van der Waals surface area contributed by atoms with Crippen molar-refractivity contribution < 1.29 is 19.5 Å². The number of ether oxygens (including phenoxy) is 2. The molecule has 0 spiro atoms. The van der Waals surface area contributed by atoms with Gasteiger partial charge in [-0.25, -0.2) is 0 Å². The fraction of sp³-hybridized carbons (Fsp3) is 0.467. The number of esters is 1. The first-order chi connectivity index (χ1) is 9.77. The van der Waals surface area contributed by atoms with Gasteiger partial charge in [0.2, 0.25) is 0 Å². The molecular weight excluding hydrogens is 258 g/mol. The maximum atomic E-state index is 11.1. The second-order valence-electron chi connectivity index (χ2n) is 4.25. The summed E-state index contributed by atoms with van der Waals surface area (Å²) in [6.07, 6.45) is 4.39. The van der Waals surface area contributed by atoms with E-state index in [9.17, 15) is 4.79 Å². The highest BCUT2D eigenvalue weighted by Crippen LogP contribution is 2.16. The van der Waals surface area contributed by atoms with Crippen molar-refractivity contribution in [2.45, 2.75) is 32.6 Å². The minimum Gasteiger partial charge on any atom is -0.493 e. The van der Waals surface area contributed by atoms with Crippen molar-refractivity contribution in [2.24, 2.45) is 5.16 Å². The van der Waals surface area contributed by atoms with E-state index in [1.165, 1.54) is 6.21 Å². The number of unbranched alkanes of at least 4 members (excludes halogenated alkanes) is 2. The summed E-state index contributed by atoms with van der Waals surface area (Å²) in [5.41, 5.74) is 0.738. The Morgan fingerprint density at radius 3 is 2.85 bits per heavy atom. The molecule has 1 aromatic carbocycles. The third-order valence-corrected chi connectivity index (χ3v) is 2.70. The van der Waals surface area contributed by atoms with E-state index in [-0.39, 0.29) is 5.97 Å². The molecule has 0 aliphatic carbocycles. The van der Waals surface area contributed by atoms with Gasteiger partial charge in [0.1, 0.15) is 5.75 Å². The van der Waals surface area contributed by atoms with Crippen LogP contribution in [0.5, 0.6) is 5.75 Å². The third kappa shape index (κ3) is 6.22. The zero-order chi connectivity index (χ0) is 14.6. The molecule has 0 aliphatic rings. The number of carbonyl (C=O) groups is 1. The van der Waals surface area contributed by atoms with E-state index in [2.05, 4.69) is 5.16 Å². The van der Waals surface area contributed by atoms with Crippen molar-refractivity contribution in [3.63, 3.8) is 0 Å². The van der Waals surface area contributed by atoms with Gasteiger partial charge in [0.25, 0.3) is 0 Å². The van der Waals surface area contributed by atoms with E-state index < -0.39 is 0 Å². The second-order valence-corrected chi connectivity index (χ2v) is 4.25. The van der Waals surface area contributed by atoms with E-state index in [1.54, 1.807) is 6.92 Å². The Labute approximate surface area is 119 Å². The summed E-state index contributed by atoms with van der Waals surface area (Å²) in [6.45, 7) is 2.81. The monoisotopic (exact) mass is 279 g/mol. The Hall–Kier alpha value is -2.04. The molecule has 1 N–H and O–H groups in total. The topological polar surface area (TPSA) is 68.1 Å². The van der Waals surface area contributed by atoms with Crippen LogP contribution in [0.4, 0.5) is 0 Å². The van der Waals surface area contributed by atoms with Gasteiger partial charge in [0.05, 0.1) is 19.4 Å². The van der Waals surface area contributed by atoms with Crippen molar-refractivity contribution in [1.82, 2.24) is 0 Å². The minimum absolute atomic E-state index is 0.141. The van der Waals surface area contributed by atoms with Gasteiger partial charge in [-0.05, 0) is 38.3 Å². The van der Waals surface area contributed by atoms with Crippen molar-refractivity contribution in [2.75, 3.05) is 13.2 Å². The fourth-order valence-electron chi connectivity index (χ4n) is 1.74. The van der Waals surface area contributed by atoms with Crippen LogP contribution in [0.2, 0.25) is 0 Å². The lowest BCUT2D eigenvalue weighted by Crippen LogP contribution is -2.04. The standard InChI is InChI=1S/C15H21NO4/c1-2-19-15(17)10-4-3-7-11-20-14-9-6-5-8-13(14)12-16-18/h5-6,8-9,12,18H,2-4,7,10-11H2,1H3/b16-12+. The largest absolute Gasteiger partial charge is 0.493 e. The maximum absolute atomic E-state index is 11.1. The second kappa shape index (κ2) is 9.83. The highest BCUT2D eigenvalue weighted by atomic mass is 16.5. The smallest absolute Gasteiger partial charge is 0.305 e. The normalized spacial score (nSPS) is 10.7. The Morgan fingerprint density at radius 2 is 2.10 bits per heavy atom. The molecule has 110 valence electrons. The van der Waals surface area contributed by atoms with Gasteiger partial charge in [-0.15, -0.1) is 0 Å². The van der Waals surface area contributed by atoms with E-state index >= 15 is 0 Å². The summed E-state index contributed by atoms with van der Waals surface area (Å²) in [5.74, 6) is 0.550. The maximum Gasteiger partial charge on any atom is 0.305 e. The summed E-state index contributed by atoms with van der Waals surface area (Å²) < 4.78 is 10.5. The zero-order valence-electron chi connectivity index (χ0n) is 11.7. The predicted octanol–water partition coefficient (Wildman–Crippen LogP) is 3.00. The van der Waals surface area contributed by atoms with Gasteiger partial charge in [-0.1, -0.05) is 17.3 Å². The molecule has 0 radical (unpaired) electrons. The molecule has 0 unspecified atom stereocenters. The number of nitrogens with zero attached hydrogens (tertiary/aromatic N) is 1. The first kappa shape index (κ1) is 16.0. The number of benzene rings is 1. The number of hydrogen-bond acceptors (Lipinski definition) is 5. The Bertz CT molecular complexity index is 432. The SMILES string of the molecule is CCOC(=O)CCCCCOc1ccccc1/C=N/O. The third-order valence-electron chi connectivity index (χ3n) is 2.70. The van der Waals surface area contributed by atoms with Crippen LogP contribution in [0.3, 0.4) is 0 Å². The van der Waals surface area contributed by atoms with Gasteiger partial charge in [-0.3, -0.25) is 4.79 Å². The van der Waals surface area contributed by atoms with Crippen LogP contribution >= 0.6 is 0 Å². The van der Waals surface area contributed by atoms with Gasteiger partial charge in [-0.2, -0.15) is 0 Å². The summed E-state index contributed by atoms with van der Waals surface area (Å²) >= 11 is 0. The van der Waals surface area contributed by atoms with Gasteiger partial charge in [0.15, 0.2) is 0 Å². The predicted molar refractivity (Wildman–Crippen MR) is 76.4 cm³/mol. The van der Waals surface area contributed by atoms with E-state index in [0.29, 0.717) is 25.4 Å². The summed E-state index contributed by atoms with van der Waals surface area (Å²) in [4.78, 5) is 11.1. The van der Waals surface area contributed by atoms with Crippen molar-refractivity contribution >= 4 is 12.2 Å². The lowest BCUT2D eigenvalue weighted by Gasteiger charge is -2.08. The molecule has 0 aliphatic heterocycles. The lowest BCUT2D eigenvalue weighted by atomic mass is 10.2. The summed E-state index contributed by atoms with van der Waals surface area (Å²) in [5, 5.41) is 11.6. The molecule has 0 atom stereocenters. The van der Waals surface area contributed by atoms with Crippen molar-refractivity contribution in [1.29, 1.82) is 0 Å². The molecule has 0 saturated heterocycles. The van der Waals surface area contributed by atoms with E-state index in [4.69, 9.17) is 14.7 Å². The number of carbonyl (C=O) groups excluding carboxylic acids is 1. The van der Waals surface area contributed by atoms with Crippen LogP contribution in [-0.2, 0) is 9.53 Å². The van der Waals surface area contributed by atoms with Crippen LogP contribution in [0.15, 0.2) is 29.4 Å². The molecule has 5 heteroatoms. The Morgan fingerprint density at radius 1 is 1.30 bits per heavy atom. The molecule has 20 heavy (non-hydrogen) atoms. The van der Waals surface area contributed by atoms with Crippen LogP contribution in [0.1, 0.15) is 38.2 Å². The van der Waals surface area contributed by atoms with Crippen LogP contribution in [-0.4, -0.2) is 30.6 Å². The molecule has 1 aromatic rings. The number of oxime groups is 1. The van der Waals surface area contributed by atoms with Crippen LogP contribution < -0.4 is 4.74 Å². The Balaban J connectivity index is 2.20. The van der Waals surface area contributed by atoms with Gasteiger partial charge >= 0.3 is 5.97 Å². The van der Waals surface area contributed by atoms with E-state index in [0.717, 1.165) is 24.8 Å². The molecule has 0 saturated carbocycles. The highest BCUT2D eigenvalue weighted by molar-refractivity contribution is 5.82. The van der Waals surface area contributed by atoms with Crippen LogP contribution in [0, 0.1) is 0 Å². The summed E-state index contributed by atoms with van der Waals surface area (Å²) in [6, 6.07) is 7.36. The molecule has 5 nitrogen and oxygen atoms in total. The van der Waals surface area contributed by atoms with Crippen molar-refractivity contribution in [3.05, 3.63) is 29.8 Å². The number of hydrogen-bond donors (Lipinski definition) is 1. The molecule has 0 aromatic heterocycles.